The van der Waals surface area contributed by atoms with Gasteiger partial charge in [-0.1, -0.05) is 13.3 Å². The van der Waals surface area contributed by atoms with Crippen molar-refractivity contribution in [2.24, 2.45) is 5.92 Å². The molecule has 0 saturated carbocycles. The summed E-state index contributed by atoms with van der Waals surface area (Å²) in [6.07, 6.45) is 3.48. The zero-order valence-corrected chi connectivity index (χ0v) is 12.8. The van der Waals surface area contributed by atoms with Gasteiger partial charge in [-0.3, -0.25) is 0 Å². The van der Waals surface area contributed by atoms with Crippen LogP contribution >= 0.6 is 0 Å². The molecule has 1 aromatic rings. The molecule has 0 radical (unpaired) electrons. The number of nitrogen functional groups attached to an aromatic ring is 1. The van der Waals surface area contributed by atoms with E-state index in [-0.39, 0.29) is 5.69 Å². The average Bonchev–Trinajstić information content (AvgIpc) is 2.68. The van der Waals surface area contributed by atoms with Crippen LogP contribution in [0.4, 0.5) is 14.5 Å². The van der Waals surface area contributed by atoms with Gasteiger partial charge in [-0.25, -0.2) is 17.2 Å². The summed E-state index contributed by atoms with van der Waals surface area (Å²) in [6, 6.07) is 1.39. The van der Waals surface area contributed by atoms with Crippen molar-refractivity contribution in [3.05, 3.63) is 23.8 Å². The Bertz CT molecular complexity index is 620. The molecule has 7 heteroatoms. The number of hydrogen-bond donors (Lipinski definition) is 1. The third-order valence-electron chi connectivity index (χ3n) is 4.05. The van der Waals surface area contributed by atoms with E-state index in [1.54, 1.807) is 0 Å². The number of rotatable bonds is 3. The summed E-state index contributed by atoms with van der Waals surface area (Å²) in [7, 11) is -3.98. The Kier molecular flexibility index (Phi) is 4.83. The third-order valence-corrected chi connectivity index (χ3v) is 5.97. The van der Waals surface area contributed by atoms with E-state index < -0.39 is 26.6 Å². The third kappa shape index (κ3) is 3.35. The van der Waals surface area contributed by atoms with Crippen LogP contribution in [-0.2, 0) is 10.0 Å². The Balaban J connectivity index is 2.32. The van der Waals surface area contributed by atoms with Crippen molar-refractivity contribution in [3.8, 4) is 0 Å². The van der Waals surface area contributed by atoms with Gasteiger partial charge in [-0.2, -0.15) is 4.31 Å². The SMILES string of the molecule is CCC1CCCN(S(=O)(=O)c2cc(N)c(F)cc2F)CC1. The van der Waals surface area contributed by atoms with Crippen molar-refractivity contribution in [2.45, 2.75) is 37.5 Å². The number of halogens is 2. The van der Waals surface area contributed by atoms with Gasteiger partial charge in [0.2, 0.25) is 10.0 Å². The van der Waals surface area contributed by atoms with E-state index in [1.165, 1.54) is 4.31 Å². The smallest absolute Gasteiger partial charge is 0.246 e. The van der Waals surface area contributed by atoms with Gasteiger partial charge in [-0.05, 0) is 31.2 Å². The fraction of sp³-hybridized carbons (Fsp3) is 0.571. The van der Waals surface area contributed by atoms with E-state index >= 15 is 0 Å². The van der Waals surface area contributed by atoms with Crippen LogP contribution in [0.1, 0.15) is 32.6 Å². The zero-order valence-electron chi connectivity index (χ0n) is 12.0. The quantitative estimate of drug-likeness (QED) is 0.872. The number of hydrogen-bond acceptors (Lipinski definition) is 3. The molecule has 0 amide bonds. The minimum Gasteiger partial charge on any atom is -0.396 e. The molecule has 2 rings (SSSR count). The fourth-order valence-electron chi connectivity index (χ4n) is 2.67. The van der Waals surface area contributed by atoms with Gasteiger partial charge in [0, 0.05) is 19.2 Å². The van der Waals surface area contributed by atoms with Crippen LogP contribution in [0.3, 0.4) is 0 Å². The summed E-state index contributed by atoms with van der Waals surface area (Å²) in [5.41, 5.74) is 5.00. The van der Waals surface area contributed by atoms with E-state index in [9.17, 15) is 17.2 Å². The number of benzene rings is 1. The van der Waals surface area contributed by atoms with Crippen LogP contribution in [-0.4, -0.2) is 25.8 Å². The highest BCUT2D eigenvalue weighted by Crippen LogP contribution is 2.28. The molecule has 0 aromatic heterocycles. The molecule has 1 fully saturated rings. The van der Waals surface area contributed by atoms with E-state index in [1.807, 2.05) is 0 Å². The molecule has 4 nitrogen and oxygen atoms in total. The first kappa shape index (κ1) is 16.2. The highest BCUT2D eigenvalue weighted by Gasteiger charge is 2.30. The van der Waals surface area contributed by atoms with Gasteiger partial charge in [0.25, 0.3) is 0 Å². The van der Waals surface area contributed by atoms with Crippen molar-refractivity contribution in [1.29, 1.82) is 0 Å². The summed E-state index contributed by atoms with van der Waals surface area (Å²) >= 11 is 0. The molecule has 0 spiro atoms. The average molecular weight is 318 g/mol. The topological polar surface area (TPSA) is 63.4 Å². The Morgan fingerprint density at radius 2 is 1.95 bits per heavy atom. The molecule has 1 aliphatic heterocycles. The molecule has 1 atom stereocenters. The van der Waals surface area contributed by atoms with Gasteiger partial charge in [0.05, 0.1) is 5.69 Å². The zero-order chi connectivity index (χ0) is 15.6. The van der Waals surface area contributed by atoms with Crippen molar-refractivity contribution in [3.63, 3.8) is 0 Å². The Labute approximate surface area is 124 Å². The molecular weight excluding hydrogens is 298 g/mol. The molecule has 1 heterocycles. The van der Waals surface area contributed by atoms with Crippen LogP contribution < -0.4 is 5.73 Å². The molecule has 118 valence electrons. The highest BCUT2D eigenvalue weighted by atomic mass is 32.2. The lowest BCUT2D eigenvalue weighted by Gasteiger charge is -2.20. The predicted molar refractivity (Wildman–Crippen MR) is 77.2 cm³/mol. The number of sulfonamides is 1. The maximum atomic E-state index is 13.8. The molecule has 0 bridgehead atoms. The summed E-state index contributed by atoms with van der Waals surface area (Å²) in [5.74, 6) is -1.56. The van der Waals surface area contributed by atoms with Crippen LogP contribution in [0, 0.1) is 17.6 Å². The second-order valence-corrected chi connectivity index (χ2v) is 7.32. The number of nitrogens with two attached hydrogens (primary N) is 1. The maximum Gasteiger partial charge on any atom is 0.246 e. The minimum atomic E-state index is -3.98. The first-order valence-corrected chi connectivity index (χ1v) is 8.55. The largest absolute Gasteiger partial charge is 0.396 e. The van der Waals surface area contributed by atoms with E-state index in [0.717, 1.165) is 31.7 Å². The second kappa shape index (κ2) is 6.27. The lowest BCUT2D eigenvalue weighted by molar-refractivity contribution is 0.404. The Morgan fingerprint density at radius 1 is 1.24 bits per heavy atom. The van der Waals surface area contributed by atoms with E-state index in [2.05, 4.69) is 6.92 Å². The van der Waals surface area contributed by atoms with E-state index in [0.29, 0.717) is 25.1 Å². The molecule has 21 heavy (non-hydrogen) atoms. The van der Waals surface area contributed by atoms with Crippen molar-refractivity contribution >= 4 is 15.7 Å². The highest BCUT2D eigenvalue weighted by molar-refractivity contribution is 7.89. The van der Waals surface area contributed by atoms with Gasteiger partial charge in [0.15, 0.2) is 0 Å². The normalized spacial score (nSPS) is 21.2. The summed E-state index contributed by atoms with van der Waals surface area (Å²) in [5, 5.41) is 0. The monoisotopic (exact) mass is 318 g/mol. The molecule has 1 unspecified atom stereocenters. The summed E-state index contributed by atoms with van der Waals surface area (Å²) in [4.78, 5) is -0.545. The first-order valence-electron chi connectivity index (χ1n) is 7.11. The lowest BCUT2D eigenvalue weighted by Crippen LogP contribution is -2.32. The van der Waals surface area contributed by atoms with Crippen LogP contribution in [0.2, 0.25) is 0 Å². The molecule has 1 saturated heterocycles. The van der Waals surface area contributed by atoms with Crippen LogP contribution in [0.5, 0.6) is 0 Å². The van der Waals surface area contributed by atoms with Gasteiger partial charge >= 0.3 is 0 Å². The van der Waals surface area contributed by atoms with Crippen molar-refractivity contribution in [1.82, 2.24) is 4.31 Å². The molecule has 1 aliphatic rings. The Hall–Kier alpha value is -1.21. The van der Waals surface area contributed by atoms with Gasteiger partial charge < -0.3 is 5.73 Å². The molecular formula is C14H20F2N2O2S. The van der Waals surface area contributed by atoms with Crippen molar-refractivity contribution < 1.29 is 17.2 Å². The number of anilines is 1. The Morgan fingerprint density at radius 3 is 2.62 bits per heavy atom. The van der Waals surface area contributed by atoms with Crippen LogP contribution in [0.15, 0.2) is 17.0 Å². The predicted octanol–water partition coefficient (Wildman–Crippen LogP) is 2.75. The van der Waals surface area contributed by atoms with Crippen LogP contribution in [0.25, 0.3) is 0 Å². The molecule has 0 aliphatic carbocycles. The molecule has 1 aromatic carbocycles. The van der Waals surface area contributed by atoms with Gasteiger partial charge in [0.1, 0.15) is 16.5 Å². The van der Waals surface area contributed by atoms with Gasteiger partial charge in [-0.15, -0.1) is 0 Å². The van der Waals surface area contributed by atoms with E-state index in [4.69, 9.17) is 5.73 Å². The standard InChI is InChI=1S/C14H20F2N2O2S/c1-2-10-4-3-6-18(7-5-10)21(19,20)14-9-13(17)11(15)8-12(14)16/h8-10H,2-7,17H2,1H3. The minimum absolute atomic E-state index is 0.357. The summed E-state index contributed by atoms with van der Waals surface area (Å²) < 4.78 is 53.3. The summed E-state index contributed by atoms with van der Waals surface area (Å²) in [6.45, 7) is 2.79. The molecule has 2 N–H and O–H groups in total. The lowest BCUT2D eigenvalue weighted by atomic mass is 9.98. The fourth-order valence-corrected chi connectivity index (χ4v) is 4.24. The second-order valence-electron chi connectivity index (χ2n) is 5.41. The first-order chi connectivity index (χ1) is 9.86. The number of nitrogens with zero attached hydrogens (tertiary/aromatic N) is 1. The maximum absolute atomic E-state index is 13.8. The van der Waals surface area contributed by atoms with Crippen molar-refractivity contribution in [2.75, 3.05) is 18.8 Å².